The maximum absolute atomic E-state index is 13.1. The van der Waals surface area contributed by atoms with Gasteiger partial charge in [0.2, 0.25) is 0 Å². The first-order valence-electron chi connectivity index (χ1n) is 9.44. The number of ketones is 1. The smallest absolute Gasteiger partial charge is 0.255 e. The molecule has 1 heterocycles. The Hall–Kier alpha value is -3.73. The van der Waals surface area contributed by atoms with Crippen LogP contribution in [-0.2, 0) is 6.42 Å². The standard InChI is InChI=1S/C24H17FN2O2/c25-16-6-4-15(5-7-16)24(29)27-20-10-8-17(18-9-11-21(28)22(18)20)19-3-1-2-14-12-13-26-23(14)19/h1-8,10,12-13,26H,9,11H2,(H,27,29). The number of aromatic nitrogens is 1. The number of rotatable bonds is 3. The minimum absolute atomic E-state index is 0.0231. The third kappa shape index (κ3) is 2.91. The van der Waals surface area contributed by atoms with Crippen molar-refractivity contribution in [1.29, 1.82) is 0 Å². The van der Waals surface area contributed by atoms with Crippen molar-refractivity contribution >= 4 is 28.3 Å². The SMILES string of the molecule is O=C(Nc1ccc(-c2cccc3cc[nH]c23)c2c1C(=O)CC2)c1ccc(F)cc1. The number of Topliss-reactive ketones (excluding diaryl/α,β-unsaturated/α-hetero) is 1. The van der Waals surface area contributed by atoms with Gasteiger partial charge >= 0.3 is 0 Å². The molecule has 142 valence electrons. The molecule has 0 fully saturated rings. The number of carbonyl (C=O) groups excluding carboxylic acids is 2. The molecule has 4 aromatic rings. The first kappa shape index (κ1) is 17.4. The number of nitrogens with one attached hydrogen (secondary N) is 2. The summed E-state index contributed by atoms with van der Waals surface area (Å²) in [5, 5.41) is 3.94. The number of aromatic amines is 1. The maximum atomic E-state index is 13.1. The average molecular weight is 384 g/mol. The Morgan fingerprint density at radius 1 is 0.931 bits per heavy atom. The third-order valence-electron chi connectivity index (χ3n) is 5.43. The van der Waals surface area contributed by atoms with Crippen LogP contribution in [0.25, 0.3) is 22.0 Å². The van der Waals surface area contributed by atoms with Crippen LogP contribution in [0.3, 0.4) is 0 Å². The topological polar surface area (TPSA) is 62.0 Å². The van der Waals surface area contributed by atoms with Crippen molar-refractivity contribution in [3.05, 3.63) is 89.4 Å². The Kier molecular flexibility index (Phi) is 4.02. The van der Waals surface area contributed by atoms with Crippen LogP contribution in [0.4, 0.5) is 10.1 Å². The van der Waals surface area contributed by atoms with Crippen molar-refractivity contribution in [3.63, 3.8) is 0 Å². The molecule has 5 rings (SSSR count). The summed E-state index contributed by atoms with van der Waals surface area (Å²) in [6.07, 6.45) is 2.96. The van der Waals surface area contributed by atoms with E-state index in [1.54, 1.807) is 6.07 Å². The monoisotopic (exact) mass is 384 g/mol. The van der Waals surface area contributed by atoms with E-state index < -0.39 is 5.82 Å². The number of amides is 1. The van der Waals surface area contributed by atoms with E-state index in [-0.39, 0.29) is 11.7 Å². The summed E-state index contributed by atoms with van der Waals surface area (Å²) < 4.78 is 13.1. The number of hydrogen-bond acceptors (Lipinski definition) is 2. The van der Waals surface area contributed by atoms with Crippen molar-refractivity contribution in [3.8, 4) is 11.1 Å². The van der Waals surface area contributed by atoms with E-state index in [4.69, 9.17) is 0 Å². The van der Waals surface area contributed by atoms with Crippen molar-refractivity contribution < 1.29 is 14.0 Å². The van der Waals surface area contributed by atoms with E-state index in [1.807, 2.05) is 36.5 Å². The highest BCUT2D eigenvalue weighted by atomic mass is 19.1. The second-order valence-corrected chi connectivity index (χ2v) is 7.15. The molecule has 0 unspecified atom stereocenters. The number of carbonyl (C=O) groups is 2. The summed E-state index contributed by atoms with van der Waals surface area (Å²) in [5.41, 5.74) is 5.42. The normalized spacial score (nSPS) is 12.9. The van der Waals surface area contributed by atoms with Crippen LogP contribution >= 0.6 is 0 Å². The van der Waals surface area contributed by atoms with E-state index >= 15 is 0 Å². The van der Waals surface area contributed by atoms with E-state index in [1.165, 1.54) is 24.3 Å². The molecule has 5 heteroatoms. The van der Waals surface area contributed by atoms with Crippen molar-refractivity contribution in [1.82, 2.24) is 4.98 Å². The summed E-state index contributed by atoms with van der Waals surface area (Å²) >= 11 is 0. The lowest BCUT2D eigenvalue weighted by Gasteiger charge is -2.14. The molecule has 0 spiro atoms. The molecular weight excluding hydrogens is 367 g/mol. The van der Waals surface area contributed by atoms with Crippen molar-refractivity contribution in [2.45, 2.75) is 12.8 Å². The maximum Gasteiger partial charge on any atom is 0.255 e. The Bertz CT molecular complexity index is 1270. The molecule has 0 saturated heterocycles. The van der Waals surface area contributed by atoms with Gasteiger partial charge in [0.05, 0.1) is 11.2 Å². The summed E-state index contributed by atoms with van der Waals surface area (Å²) in [5.74, 6) is -0.749. The number of fused-ring (bicyclic) bond motifs is 2. The zero-order valence-electron chi connectivity index (χ0n) is 15.5. The fourth-order valence-electron chi connectivity index (χ4n) is 4.05. The number of H-pyrrole nitrogens is 1. The van der Waals surface area contributed by atoms with Crippen LogP contribution < -0.4 is 5.32 Å². The molecule has 0 bridgehead atoms. The highest BCUT2D eigenvalue weighted by molar-refractivity contribution is 6.13. The molecule has 2 N–H and O–H groups in total. The first-order chi connectivity index (χ1) is 14.1. The van der Waals surface area contributed by atoms with Gasteiger partial charge in [-0.15, -0.1) is 0 Å². The van der Waals surface area contributed by atoms with E-state index in [0.717, 1.165) is 27.6 Å². The molecule has 0 aliphatic heterocycles. The molecule has 1 aliphatic rings. The zero-order chi connectivity index (χ0) is 20.0. The molecule has 0 saturated carbocycles. The van der Waals surface area contributed by atoms with Gasteiger partial charge in [-0.05, 0) is 59.3 Å². The fourth-order valence-corrected chi connectivity index (χ4v) is 4.05. The number of halogens is 1. The molecule has 29 heavy (non-hydrogen) atoms. The van der Waals surface area contributed by atoms with Gasteiger partial charge in [-0.1, -0.05) is 24.3 Å². The van der Waals surface area contributed by atoms with Gasteiger partial charge in [-0.2, -0.15) is 0 Å². The largest absolute Gasteiger partial charge is 0.361 e. The first-order valence-corrected chi connectivity index (χ1v) is 9.44. The van der Waals surface area contributed by atoms with Crippen LogP contribution in [-0.4, -0.2) is 16.7 Å². The summed E-state index contributed by atoms with van der Waals surface area (Å²) in [7, 11) is 0. The van der Waals surface area contributed by atoms with E-state index in [9.17, 15) is 14.0 Å². The van der Waals surface area contributed by atoms with Crippen LogP contribution in [0.2, 0.25) is 0 Å². The van der Waals surface area contributed by atoms with Gasteiger partial charge in [-0.3, -0.25) is 9.59 Å². The Labute approximate surface area is 166 Å². The number of benzene rings is 3. The van der Waals surface area contributed by atoms with Gasteiger partial charge in [0, 0.05) is 29.3 Å². The van der Waals surface area contributed by atoms with Crippen LogP contribution in [0, 0.1) is 5.82 Å². The predicted molar refractivity (Wildman–Crippen MR) is 111 cm³/mol. The van der Waals surface area contributed by atoms with Crippen molar-refractivity contribution in [2.24, 2.45) is 0 Å². The van der Waals surface area contributed by atoms with Gasteiger partial charge in [0.1, 0.15) is 5.82 Å². The summed E-state index contributed by atoms with van der Waals surface area (Å²) in [6.45, 7) is 0. The quantitative estimate of drug-likeness (QED) is 0.500. The molecule has 4 nitrogen and oxygen atoms in total. The third-order valence-corrected chi connectivity index (χ3v) is 5.43. The van der Waals surface area contributed by atoms with Crippen LogP contribution in [0.15, 0.2) is 66.9 Å². The molecule has 1 amide bonds. The highest BCUT2D eigenvalue weighted by Gasteiger charge is 2.27. The number of anilines is 1. The number of hydrogen-bond donors (Lipinski definition) is 2. The van der Waals surface area contributed by atoms with Crippen LogP contribution in [0.1, 0.15) is 32.7 Å². The zero-order valence-corrected chi connectivity index (χ0v) is 15.5. The summed E-state index contributed by atoms with van der Waals surface area (Å²) in [6, 6.07) is 17.1. The minimum Gasteiger partial charge on any atom is -0.361 e. The Balaban J connectivity index is 1.58. The Morgan fingerprint density at radius 2 is 1.76 bits per heavy atom. The van der Waals surface area contributed by atoms with Crippen LogP contribution in [0.5, 0.6) is 0 Å². The van der Waals surface area contributed by atoms with E-state index in [0.29, 0.717) is 29.7 Å². The molecule has 0 atom stereocenters. The second kappa shape index (κ2) is 6.71. The highest BCUT2D eigenvalue weighted by Crippen LogP contribution is 2.39. The number of para-hydroxylation sites is 1. The second-order valence-electron chi connectivity index (χ2n) is 7.15. The average Bonchev–Trinajstić information content (AvgIpc) is 3.36. The lowest BCUT2D eigenvalue weighted by atomic mass is 9.94. The Morgan fingerprint density at radius 3 is 2.59 bits per heavy atom. The lowest BCUT2D eigenvalue weighted by Crippen LogP contribution is -2.14. The van der Waals surface area contributed by atoms with Crippen molar-refractivity contribution in [2.75, 3.05) is 5.32 Å². The van der Waals surface area contributed by atoms with Gasteiger partial charge in [0.25, 0.3) is 5.91 Å². The fraction of sp³-hybridized carbons (Fsp3) is 0.0833. The molecule has 3 aromatic carbocycles. The van der Waals surface area contributed by atoms with Gasteiger partial charge in [-0.25, -0.2) is 4.39 Å². The molecular formula is C24H17FN2O2. The van der Waals surface area contributed by atoms with Gasteiger partial charge in [0.15, 0.2) is 5.78 Å². The molecule has 1 aliphatic carbocycles. The lowest BCUT2D eigenvalue weighted by molar-refractivity contribution is 0.0995. The van der Waals surface area contributed by atoms with E-state index in [2.05, 4.69) is 10.3 Å². The predicted octanol–water partition coefficient (Wildman–Crippen LogP) is 5.36. The van der Waals surface area contributed by atoms with Gasteiger partial charge < -0.3 is 10.3 Å². The minimum atomic E-state index is -0.402. The molecule has 1 aromatic heterocycles. The summed E-state index contributed by atoms with van der Waals surface area (Å²) in [4.78, 5) is 28.5. The molecule has 0 radical (unpaired) electrons.